The van der Waals surface area contributed by atoms with E-state index in [0.717, 1.165) is 45.5 Å². The van der Waals surface area contributed by atoms with Gasteiger partial charge in [-0.05, 0) is 36.2 Å². The highest BCUT2D eigenvalue weighted by molar-refractivity contribution is 8.19. The van der Waals surface area contributed by atoms with E-state index in [-0.39, 0.29) is 24.4 Å². The van der Waals surface area contributed by atoms with Crippen molar-refractivity contribution >= 4 is 41.2 Å². The molecule has 1 atom stereocenters. The van der Waals surface area contributed by atoms with Gasteiger partial charge in [0.2, 0.25) is 0 Å². The maximum absolute atomic E-state index is 13.6. The first-order valence-corrected chi connectivity index (χ1v) is 12.0. The molecule has 2 aliphatic rings. The maximum atomic E-state index is 13.6. The molecule has 0 spiro atoms. The van der Waals surface area contributed by atoms with Crippen LogP contribution >= 0.6 is 35.3 Å². The van der Waals surface area contributed by atoms with Gasteiger partial charge in [0.15, 0.2) is 6.61 Å². The van der Waals surface area contributed by atoms with Crippen molar-refractivity contribution in [1.29, 1.82) is 0 Å². The average molecular weight is 422 g/mol. The molecular formula is C20H20FNO2S3. The van der Waals surface area contributed by atoms with Gasteiger partial charge in [0, 0.05) is 27.7 Å². The molecule has 2 aromatic rings. The van der Waals surface area contributed by atoms with Crippen molar-refractivity contribution < 1.29 is 13.9 Å². The summed E-state index contributed by atoms with van der Waals surface area (Å²) in [6.07, 6.45) is 0.790. The van der Waals surface area contributed by atoms with Crippen molar-refractivity contribution in [3.05, 3.63) is 59.4 Å². The van der Waals surface area contributed by atoms with Crippen molar-refractivity contribution in [1.82, 2.24) is 5.32 Å². The Morgan fingerprint density at radius 1 is 1.11 bits per heavy atom. The van der Waals surface area contributed by atoms with Crippen LogP contribution in [0.4, 0.5) is 4.39 Å². The zero-order chi connectivity index (χ0) is 18.6. The molecule has 0 radical (unpaired) electrons. The minimum atomic E-state index is -0.271. The summed E-state index contributed by atoms with van der Waals surface area (Å²) < 4.78 is 19.8. The summed E-state index contributed by atoms with van der Waals surface area (Å²) in [6, 6.07) is 12.5. The molecule has 0 bridgehead atoms. The smallest absolute Gasteiger partial charge is 0.258 e. The monoisotopic (exact) mass is 421 g/mol. The fraction of sp³-hybridized carbons (Fsp3) is 0.350. The van der Waals surface area contributed by atoms with E-state index in [1.54, 1.807) is 17.8 Å². The van der Waals surface area contributed by atoms with Crippen LogP contribution in [0.3, 0.4) is 0 Å². The first-order valence-electron chi connectivity index (χ1n) is 8.87. The van der Waals surface area contributed by atoms with Gasteiger partial charge >= 0.3 is 0 Å². The predicted octanol–water partition coefficient (Wildman–Crippen LogP) is 5.04. The number of hydrogen-bond acceptors (Lipinski definition) is 5. The Balaban J connectivity index is 1.40. The first kappa shape index (κ1) is 19.0. The van der Waals surface area contributed by atoms with E-state index >= 15 is 0 Å². The minimum absolute atomic E-state index is 0.0344. The molecule has 2 aliphatic heterocycles. The fourth-order valence-corrected chi connectivity index (χ4v) is 7.25. The van der Waals surface area contributed by atoms with Gasteiger partial charge in [0.1, 0.15) is 11.6 Å². The van der Waals surface area contributed by atoms with Crippen molar-refractivity contribution in [2.45, 2.75) is 21.9 Å². The normalized spacial score (nSPS) is 19.5. The van der Waals surface area contributed by atoms with Crippen molar-refractivity contribution in [3.63, 3.8) is 0 Å². The second-order valence-corrected chi connectivity index (χ2v) is 10.2. The Kier molecular flexibility index (Phi) is 6.20. The van der Waals surface area contributed by atoms with Gasteiger partial charge < -0.3 is 10.1 Å². The van der Waals surface area contributed by atoms with E-state index in [4.69, 9.17) is 4.74 Å². The predicted molar refractivity (Wildman–Crippen MR) is 112 cm³/mol. The second kappa shape index (κ2) is 8.80. The molecule has 1 N–H and O–H groups in total. The van der Waals surface area contributed by atoms with Crippen molar-refractivity contribution in [3.8, 4) is 5.75 Å². The van der Waals surface area contributed by atoms with Crippen LogP contribution in [0.1, 0.15) is 28.2 Å². The van der Waals surface area contributed by atoms with Gasteiger partial charge in [0.05, 0.1) is 10.6 Å². The zero-order valence-electron chi connectivity index (χ0n) is 14.7. The van der Waals surface area contributed by atoms with Crippen molar-refractivity contribution in [2.75, 3.05) is 23.9 Å². The molecule has 2 heterocycles. The summed E-state index contributed by atoms with van der Waals surface area (Å²) in [7, 11) is 0. The Labute approximate surface area is 171 Å². The lowest BCUT2D eigenvalue weighted by Gasteiger charge is -2.26. The molecule has 3 nitrogen and oxygen atoms in total. The topological polar surface area (TPSA) is 38.3 Å². The molecule has 1 fully saturated rings. The third-order valence-electron chi connectivity index (χ3n) is 4.50. The van der Waals surface area contributed by atoms with E-state index < -0.39 is 0 Å². The molecule has 1 amide bonds. The number of halogens is 1. The summed E-state index contributed by atoms with van der Waals surface area (Å²) >= 11 is 5.52. The number of benzene rings is 2. The van der Waals surface area contributed by atoms with E-state index in [9.17, 15) is 9.18 Å². The van der Waals surface area contributed by atoms with Gasteiger partial charge in [-0.15, -0.1) is 35.3 Å². The lowest BCUT2D eigenvalue weighted by atomic mass is 10.0. The van der Waals surface area contributed by atoms with Gasteiger partial charge in [-0.3, -0.25) is 4.79 Å². The van der Waals surface area contributed by atoms with Crippen LogP contribution in [-0.4, -0.2) is 29.8 Å². The van der Waals surface area contributed by atoms with Crippen LogP contribution in [0.5, 0.6) is 5.75 Å². The summed E-state index contributed by atoms with van der Waals surface area (Å²) in [4.78, 5) is 13.5. The number of carbonyl (C=O) groups is 1. The lowest BCUT2D eigenvalue weighted by molar-refractivity contribution is -0.123. The van der Waals surface area contributed by atoms with Crippen LogP contribution in [0.25, 0.3) is 0 Å². The number of carbonyl (C=O) groups excluding carboxylic acids is 1. The minimum Gasteiger partial charge on any atom is -0.483 e. The highest BCUT2D eigenvalue weighted by Crippen LogP contribution is 2.48. The molecule has 1 unspecified atom stereocenters. The van der Waals surface area contributed by atoms with Crippen LogP contribution in [0.2, 0.25) is 0 Å². The second-order valence-electron chi connectivity index (χ2n) is 6.34. The van der Waals surface area contributed by atoms with Gasteiger partial charge in [-0.25, -0.2) is 4.39 Å². The third kappa shape index (κ3) is 4.58. The standard InChI is InChI=1S/C20H20FNO2S3/c21-13-5-6-18-15(11-13)16(7-8-25-18)22-19(23)12-24-17-4-2-1-3-14(17)20-26-9-10-27-20/h1-6,11,16,20H,7-10,12H2,(H,22,23). The Hall–Kier alpha value is -1.31. The zero-order valence-corrected chi connectivity index (χ0v) is 17.1. The number of fused-ring (bicyclic) bond motifs is 1. The van der Waals surface area contributed by atoms with Crippen LogP contribution in [0, 0.1) is 5.82 Å². The number of nitrogens with one attached hydrogen (secondary N) is 1. The number of amides is 1. The molecule has 1 saturated heterocycles. The van der Waals surface area contributed by atoms with Gasteiger partial charge in [-0.2, -0.15) is 0 Å². The van der Waals surface area contributed by atoms with E-state index in [0.29, 0.717) is 4.58 Å². The number of rotatable bonds is 5. The summed E-state index contributed by atoms with van der Waals surface area (Å²) in [6.45, 7) is -0.0344. The molecule has 0 saturated carbocycles. The van der Waals surface area contributed by atoms with Crippen LogP contribution < -0.4 is 10.1 Å². The molecule has 4 rings (SSSR count). The SMILES string of the molecule is O=C(COc1ccccc1C1SCCS1)NC1CCSc2ccc(F)cc21. The third-order valence-corrected chi connectivity index (χ3v) is 8.69. The molecule has 142 valence electrons. The number of hydrogen-bond donors (Lipinski definition) is 1. The van der Waals surface area contributed by atoms with Gasteiger partial charge in [-0.1, -0.05) is 18.2 Å². The molecule has 0 aromatic heterocycles. The highest BCUT2D eigenvalue weighted by Gasteiger charge is 2.24. The summed E-state index contributed by atoms with van der Waals surface area (Å²) in [5.74, 6) is 3.50. The van der Waals surface area contributed by atoms with Crippen LogP contribution in [-0.2, 0) is 4.79 Å². The molecular weight excluding hydrogens is 401 g/mol. The largest absolute Gasteiger partial charge is 0.483 e. The molecule has 2 aromatic carbocycles. The molecule has 27 heavy (non-hydrogen) atoms. The average Bonchev–Trinajstić information content (AvgIpc) is 3.22. The van der Waals surface area contributed by atoms with E-state index in [1.165, 1.54) is 12.1 Å². The number of para-hydroxylation sites is 1. The summed E-state index contributed by atoms with van der Waals surface area (Å²) in [5.41, 5.74) is 2.00. The van der Waals surface area contributed by atoms with Crippen molar-refractivity contribution in [2.24, 2.45) is 0 Å². The Morgan fingerprint density at radius 3 is 2.78 bits per heavy atom. The maximum Gasteiger partial charge on any atom is 0.258 e. The molecule has 0 aliphatic carbocycles. The number of ether oxygens (including phenoxy) is 1. The molecule has 7 heteroatoms. The van der Waals surface area contributed by atoms with E-state index in [2.05, 4.69) is 11.4 Å². The fourth-order valence-electron chi connectivity index (χ4n) is 3.24. The Bertz CT molecular complexity index is 827. The van der Waals surface area contributed by atoms with Crippen LogP contribution in [0.15, 0.2) is 47.4 Å². The lowest BCUT2D eigenvalue weighted by Crippen LogP contribution is -2.34. The highest BCUT2D eigenvalue weighted by atomic mass is 32.2. The van der Waals surface area contributed by atoms with Gasteiger partial charge in [0.25, 0.3) is 5.91 Å². The quantitative estimate of drug-likeness (QED) is 0.732. The van der Waals surface area contributed by atoms with E-state index in [1.807, 2.05) is 41.7 Å². The Morgan fingerprint density at radius 2 is 1.93 bits per heavy atom. The summed E-state index contributed by atoms with van der Waals surface area (Å²) in [5, 5.41) is 3.01. The first-order chi connectivity index (χ1) is 13.2. The number of thioether (sulfide) groups is 3.